The maximum Gasteiger partial charge on any atom is 0.235 e. The van der Waals surface area contributed by atoms with Crippen LogP contribution in [0.25, 0.3) is 76.5 Å². The normalized spacial score (nSPS) is 13.0. The Labute approximate surface area is 261 Å². The van der Waals surface area contributed by atoms with E-state index >= 15 is 0 Å². The highest BCUT2D eigenvalue weighted by atomic mass is 16.5. The zero-order chi connectivity index (χ0) is 29.7. The van der Waals surface area contributed by atoms with Gasteiger partial charge in [-0.2, -0.15) is 0 Å². The molecule has 1 aliphatic heterocycles. The number of ether oxygens (including phenoxy) is 1. The maximum atomic E-state index is 5.65. The first-order valence-electron chi connectivity index (χ1n) is 15.4. The Kier molecular flexibility index (Phi) is 5.95. The number of hydrogen-bond acceptors (Lipinski definition) is 3. The van der Waals surface area contributed by atoms with Gasteiger partial charge in [0.05, 0.1) is 6.54 Å². The Morgan fingerprint density at radius 1 is 0.444 bits per heavy atom. The monoisotopic (exact) mass is 576 g/mol. The van der Waals surface area contributed by atoms with Gasteiger partial charge in [0.2, 0.25) is 5.90 Å². The van der Waals surface area contributed by atoms with Crippen LogP contribution in [0.2, 0.25) is 0 Å². The number of aliphatic imine (C=N–C) groups is 1. The molecule has 0 radical (unpaired) electrons. The van der Waals surface area contributed by atoms with Crippen LogP contribution in [0.15, 0.2) is 151 Å². The minimum atomic E-state index is 0.620. The zero-order valence-electron chi connectivity index (χ0n) is 24.6. The van der Waals surface area contributed by atoms with Gasteiger partial charge in [-0.15, -0.1) is 0 Å². The Bertz CT molecular complexity index is 2460. The predicted octanol–water partition coefficient (Wildman–Crippen LogP) is 10.5. The molecule has 1 aromatic heterocycles. The second-order valence-electron chi connectivity index (χ2n) is 11.6. The number of hydrogen-bond donors (Lipinski definition) is 0. The summed E-state index contributed by atoms with van der Waals surface area (Å²) >= 11 is 0. The van der Waals surface area contributed by atoms with Crippen LogP contribution in [-0.4, -0.2) is 24.0 Å². The highest BCUT2D eigenvalue weighted by Crippen LogP contribution is 2.45. The van der Waals surface area contributed by atoms with Crippen molar-refractivity contribution in [2.45, 2.75) is 0 Å². The second-order valence-corrected chi connectivity index (χ2v) is 11.6. The van der Waals surface area contributed by atoms with Gasteiger partial charge in [0.25, 0.3) is 0 Å². The van der Waals surface area contributed by atoms with Gasteiger partial charge in [-0.25, -0.2) is 4.99 Å². The van der Waals surface area contributed by atoms with Crippen LogP contribution in [0.3, 0.4) is 0 Å². The third-order valence-corrected chi connectivity index (χ3v) is 9.00. The molecule has 2 heterocycles. The lowest BCUT2D eigenvalue weighted by atomic mass is 9.84. The quantitative estimate of drug-likeness (QED) is 0.195. The standard InChI is InChI=1S/C42H28N2O/c1-3-9-29-23-32(15-13-27(29)7-1)40-35-11-5-6-12-36(35)41(33-16-14-28-8-2-4-10-30(28)24-33)38-25-31(17-19-37(38)40)34-18-20-39(44-26-34)42-43-21-22-45-42/h1-20,23-26H,21-22H2. The van der Waals surface area contributed by atoms with Crippen LogP contribution in [0.1, 0.15) is 5.69 Å². The highest BCUT2D eigenvalue weighted by Gasteiger charge is 2.19. The lowest BCUT2D eigenvalue weighted by Crippen LogP contribution is -2.03. The van der Waals surface area contributed by atoms with Crippen LogP contribution in [0, 0.1) is 0 Å². The molecule has 3 nitrogen and oxygen atoms in total. The summed E-state index contributed by atoms with van der Waals surface area (Å²) in [6.45, 7) is 1.31. The van der Waals surface area contributed by atoms with Crippen molar-refractivity contribution >= 4 is 49.0 Å². The number of pyridine rings is 1. The number of fused-ring (bicyclic) bond motifs is 4. The van der Waals surface area contributed by atoms with Crippen molar-refractivity contribution in [1.29, 1.82) is 0 Å². The molecule has 0 amide bonds. The second kappa shape index (κ2) is 10.4. The van der Waals surface area contributed by atoms with E-state index in [4.69, 9.17) is 9.72 Å². The van der Waals surface area contributed by atoms with Crippen molar-refractivity contribution in [2.24, 2.45) is 4.99 Å². The summed E-state index contributed by atoms with van der Waals surface area (Å²) in [5.74, 6) is 0.630. The molecular formula is C42H28N2O. The summed E-state index contributed by atoms with van der Waals surface area (Å²) in [4.78, 5) is 9.15. The lowest BCUT2D eigenvalue weighted by molar-refractivity contribution is 0.347. The van der Waals surface area contributed by atoms with Crippen LogP contribution < -0.4 is 0 Å². The molecule has 212 valence electrons. The fourth-order valence-electron chi connectivity index (χ4n) is 6.85. The van der Waals surface area contributed by atoms with Crippen LogP contribution in [0.5, 0.6) is 0 Å². The van der Waals surface area contributed by atoms with Gasteiger partial charge in [-0.1, -0.05) is 115 Å². The summed E-state index contributed by atoms with van der Waals surface area (Å²) < 4.78 is 5.65. The smallest absolute Gasteiger partial charge is 0.235 e. The van der Waals surface area contributed by atoms with E-state index in [2.05, 4.69) is 138 Å². The first-order chi connectivity index (χ1) is 22.3. The van der Waals surface area contributed by atoms with Crippen LogP contribution >= 0.6 is 0 Å². The third kappa shape index (κ3) is 4.36. The fourth-order valence-corrected chi connectivity index (χ4v) is 6.85. The van der Waals surface area contributed by atoms with Crippen LogP contribution in [0.4, 0.5) is 0 Å². The summed E-state index contributed by atoms with van der Waals surface area (Å²) in [5.41, 5.74) is 7.89. The topological polar surface area (TPSA) is 34.5 Å². The molecular weight excluding hydrogens is 548 g/mol. The molecule has 9 rings (SSSR count). The summed E-state index contributed by atoms with van der Waals surface area (Å²) in [6.07, 6.45) is 1.93. The number of rotatable bonds is 4. The van der Waals surface area contributed by atoms with E-state index in [1.54, 1.807) is 0 Å². The van der Waals surface area contributed by atoms with Gasteiger partial charge < -0.3 is 4.74 Å². The molecule has 3 heteroatoms. The molecule has 0 atom stereocenters. The van der Waals surface area contributed by atoms with Gasteiger partial charge in [0, 0.05) is 11.8 Å². The minimum absolute atomic E-state index is 0.620. The van der Waals surface area contributed by atoms with Crippen molar-refractivity contribution in [2.75, 3.05) is 13.2 Å². The molecule has 0 aliphatic carbocycles. The molecule has 0 unspecified atom stereocenters. The third-order valence-electron chi connectivity index (χ3n) is 9.00. The summed E-state index contributed by atoms with van der Waals surface area (Å²) in [7, 11) is 0. The van der Waals surface area contributed by atoms with Gasteiger partial charge in [-0.3, -0.25) is 4.98 Å². The van der Waals surface area contributed by atoms with E-state index in [9.17, 15) is 0 Å². The average molecular weight is 577 g/mol. The van der Waals surface area contributed by atoms with Gasteiger partial charge in [0.15, 0.2) is 0 Å². The molecule has 1 aliphatic rings. The van der Waals surface area contributed by atoms with Crippen molar-refractivity contribution < 1.29 is 4.74 Å². The Morgan fingerprint density at radius 2 is 1.00 bits per heavy atom. The minimum Gasteiger partial charge on any atom is -0.474 e. The first-order valence-corrected chi connectivity index (χ1v) is 15.4. The van der Waals surface area contributed by atoms with E-state index in [-0.39, 0.29) is 0 Å². The number of nitrogens with zero attached hydrogens (tertiary/aromatic N) is 2. The molecule has 0 saturated heterocycles. The molecule has 7 aromatic carbocycles. The van der Waals surface area contributed by atoms with Gasteiger partial charge in [-0.05, 0) is 95.2 Å². The molecule has 0 N–H and O–H groups in total. The Balaban J connectivity index is 1.33. The Hall–Kier alpha value is -5.80. The van der Waals surface area contributed by atoms with E-state index in [1.807, 2.05) is 12.3 Å². The molecule has 0 spiro atoms. The average Bonchev–Trinajstić information content (AvgIpc) is 3.65. The van der Waals surface area contributed by atoms with E-state index in [1.165, 1.54) is 65.3 Å². The maximum absolute atomic E-state index is 5.65. The van der Waals surface area contributed by atoms with E-state index in [0.717, 1.165) is 16.8 Å². The van der Waals surface area contributed by atoms with Gasteiger partial charge in [0.1, 0.15) is 12.3 Å². The zero-order valence-corrected chi connectivity index (χ0v) is 24.6. The number of aromatic nitrogens is 1. The van der Waals surface area contributed by atoms with E-state index < -0.39 is 0 Å². The first kappa shape index (κ1) is 25.7. The largest absolute Gasteiger partial charge is 0.474 e. The van der Waals surface area contributed by atoms with Crippen LogP contribution in [-0.2, 0) is 4.74 Å². The predicted molar refractivity (Wildman–Crippen MR) is 188 cm³/mol. The molecule has 45 heavy (non-hydrogen) atoms. The van der Waals surface area contributed by atoms with Crippen molar-refractivity contribution in [3.8, 4) is 33.4 Å². The summed E-state index contributed by atoms with van der Waals surface area (Å²) in [5, 5.41) is 9.90. The van der Waals surface area contributed by atoms with Crippen molar-refractivity contribution in [1.82, 2.24) is 4.98 Å². The molecule has 8 aromatic rings. The van der Waals surface area contributed by atoms with Crippen molar-refractivity contribution in [3.63, 3.8) is 0 Å². The highest BCUT2D eigenvalue weighted by molar-refractivity contribution is 6.22. The molecule has 0 saturated carbocycles. The Morgan fingerprint density at radius 3 is 1.60 bits per heavy atom. The van der Waals surface area contributed by atoms with Crippen molar-refractivity contribution in [3.05, 3.63) is 151 Å². The summed E-state index contributed by atoms with van der Waals surface area (Å²) in [6, 6.07) is 50.7. The number of benzene rings is 7. The molecule has 0 bridgehead atoms. The lowest BCUT2D eigenvalue weighted by Gasteiger charge is -2.19. The SMILES string of the molecule is c1ccc2cc(-c3c4ccccc4c(-c4ccc5ccccc5c4)c4cc(-c5ccc(C6=NCCO6)nc5)ccc34)ccc2c1. The molecule has 0 fully saturated rings. The fraction of sp³-hybridized carbons (Fsp3) is 0.0476. The van der Waals surface area contributed by atoms with Gasteiger partial charge >= 0.3 is 0 Å². The van der Waals surface area contributed by atoms with E-state index in [0.29, 0.717) is 19.0 Å².